The van der Waals surface area contributed by atoms with Crippen molar-refractivity contribution in [3.8, 4) is 17.2 Å². The molecule has 1 aliphatic rings. The Bertz CT molecular complexity index is 1150. The lowest BCUT2D eigenvalue weighted by molar-refractivity contribution is -0.132. The quantitative estimate of drug-likeness (QED) is 0.593. The van der Waals surface area contributed by atoms with Crippen LogP contribution in [-0.2, 0) is 17.8 Å². The SMILES string of the molecule is COc1ccc(CN2CCN(C(=O)Cc3c(C)[nH]c4ccc(C)cc34)CC2)c(OC)c1OC. The number of nitrogens with one attached hydrogen (secondary N) is 1. The van der Waals surface area contributed by atoms with Crippen LogP contribution in [0.3, 0.4) is 0 Å². The number of aromatic amines is 1. The lowest BCUT2D eigenvalue weighted by Crippen LogP contribution is -2.48. The van der Waals surface area contributed by atoms with Crippen LogP contribution in [0, 0.1) is 13.8 Å². The number of ether oxygens (including phenoxy) is 3. The van der Waals surface area contributed by atoms with Gasteiger partial charge in [-0.25, -0.2) is 0 Å². The molecule has 1 saturated heterocycles. The normalized spacial score (nSPS) is 14.5. The monoisotopic (exact) mass is 451 g/mol. The number of carbonyl (C=O) groups is 1. The number of methoxy groups -OCH3 is 3. The molecule has 4 rings (SSSR count). The van der Waals surface area contributed by atoms with Crippen LogP contribution in [0.1, 0.15) is 22.4 Å². The molecular weight excluding hydrogens is 418 g/mol. The summed E-state index contributed by atoms with van der Waals surface area (Å²) in [5, 5.41) is 1.15. The molecular formula is C26H33N3O4. The van der Waals surface area contributed by atoms with E-state index in [1.165, 1.54) is 5.56 Å². The molecule has 1 aliphatic heterocycles. The Kier molecular flexibility index (Phi) is 6.79. The number of amides is 1. The fraction of sp³-hybridized carbons (Fsp3) is 0.423. The van der Waals surface area contributed by atoms with Gasteiger partial charge < -0.3 is 24.1 Å². The predicted molar refractivity (Wildman–Crippen MR) is 129 cm³/mol. The lowest BCUT2D eigenvalue weighted by Gasteiger charge is -2.35. The zero-order chi connectivity index (χ0) is 23.5. The van der Waals surface area contributed by atoms with Gasteiger partial charge >= 0.3 is 0 Å². The molecule has 0 spiro atoms. The second-order valence-electron chi connectivity index (χ2n) is 8.60. The number of benzene rings is 2. The molecule has 7 heteroatoms. The number of fused-ring (bicyclic) bond motifs is 1. The van der Waals surface area contributed by atoms with Crippen molar-refractivity contribution in [1.82, 2.24) is 14.8 Å². The number of aryl methyl sites for hydroxylation is 2. The van der Waals surface area contributed by atoms with E-state index < -0.39 is 0 Å². The van der Waals surface area contributed by atoms with Crippen molar-refractivity contribution in [2.24, 2.45) is 0 Å². The van der Waals surface area contributed by atoms with Crippen molar-refractivity contribution in [2.75, 3.05) is 47.5 Å². The largest absolute Gasteiger partial charge is 0.493 e. The molecule has 1 aromatic heterocycles. The summed E-state index contributed by atoms with van der Waals surface area (Å²) < 4.78 is 16.5. The number of piperazine rings is 1. The molecule has 0 bridgehead atoms. The minimum absolute atomic E-state index is 0.184. The third-order valence-electron chi connectivity index (χ3n) is 6.51. The molecule has 176 valence electrons. The first-order chi connectivity index (χ1) is 15.9. The number of H-pyrrole nitrogens is 1. The first kappa shape index (κ1) is 23.0. The van der Waals surface area contributed by atoms with Crippen LogP contribution in [0.4, 0.5) is 0 Å². The smallest absolute Gasteiger partial charge is 0.227 e. The predicted octanol–water partition coefficient (Wildman–Crippen LogP) is 3.70. The van der Waals surface area contributed by atoms with E-state index in [0.29, 0.717) is 23.7 Å². The highest BCUT2D eigenvalue weighted by atomic mass is 16.5. The number of hydrogen-bond donors (Lipinski definition) is 1. The van der Waals surface area contributed by atoms with Gasteiger partial charge in [-0.05, 0) is 37.6 Å². The molecule has 7 nitrogen and oxygen atoms in total. The second-order valence-corrected chi connectivity index (χ2v) is 8.60. The summed E-state index contributed by atoms with van der Waals surface area (Å²) in [6.45, 7) is 7.92. The molecule has 0 aliphatic carbocycles. The summed E-state index contributed by atoms with van der Waals surface area (Å²) in [6.07, 6.45) is 0.429. The van der Waals surface area contributed by atoms with Crippen LogP contribution in [0.5, 0.6) is 17.2 Å². The topological polar surface area (TPSA) is 67.0 Å². The van der Waals surface area contributed by atoms with Gasteiger partial charge in [0.05, 0.1) is 27.8 Å². The molecule has 0 atom stereocenters. The van der Waals surface area contributed by atoms with Crippen molar-refractivity contribution in [3.63, 3.8) is 0 Å². The van der Waals surface area contributed by atoms with Crippen LogP contribution in [0.25, 0.3) is 10.9 Å². The Morgan fingerprint density at radius 2 is 1.67 bits per heavy atom. The highest BCUT2D eigenvalue weighted by Gasteiger charge is 2.24. The summed E-state index contributed by atoms with van der Waals surface area (Å²) >= 11 is 0. The van der Waals surface area contributed by atoms with Crippen LogP contribution >= 0.6 is 0 Å². The van der Waals surface area contributed by atoms with Gasteiger partial charge in [-0.1, -0.05) is 17.7 Å². The standard InChI is InChI=1S/C26H33N3O4/c1-17-6-8-22-21(14-17)20(18(2)27-22)15-24(30)29-12-10-28(11-13-29)16-19-7-9-23(31-3)26(33-5)25(19)32-4/h6-9,14,27H,10-13,15-16H2,1-5H3. The summed E-state index contributed by atoms with van der Waals surface area (Å²) in [5.41, 5.74) is 5.52. The van der Waals surface area contributed by atoms with Crippen molar-refractivity contribution in [1.29, 1.82) is 0 Å². The van der Waals surface area contributed by atoms with Crippen LogP contribution in [-0.4, -0.2) is 68.2 Å². The van der Waals surface area contributed by atoms with Crippen LogP contribution < -0.4 is 14.2 Å². The maximum atomic E-state index is 13.1. The summed E-state index contributed by atoms with van der Waals surface area (Å²) in [5.74, 6) is 2.14. The Labute approximate surface area is 195 Å². The zero-order valence-corrected chi connectivity index (χ0v) is 20.2. The number of aromatic nitrogens is 1. The van der Waals surface area contributed by atoms with Gasteiger partial charge in [-0.3, -0.25) is 9.69 Å². The maximum Gasteiger partial charge on any atom is 0.227 e. The van der Waals surface area contributed by atoms with Crippen LogP contribution in [0.15, 0.2) is 30.3 Å². The van der Waals surface area contributed by atoms with Crippen LogP contribution in [0.2, 0.25) is 0 Å². The number of carbonyl (C=O) groups excluding carboxylic acids is 1. The fourth-order valence-corrected chi connectivity index (χ4v) is 4.67. The van der Waals surface area contributed by atoms with Gasteiger partial charge in [0.15, 0.2) is 11.5 Å². The summed E-state index contributed by atoms with van der Waals surface area (Å²) in [7, 11) is 4.88. The zero-order valence-electron chi connectivity index (χ0n) is 20.2. The first-order valence-corrected chi connectivity index (χ1v) is 11.3. The molecule has 33 heavy (non-hydrogen) atoms. The minimum Gasteiger partial charge on any atom is -0.493 e. The molecule has 2 aromatic carbocycles. The van der Waals surface area contributed by atoms with E-state index in [1.807, 2.05) is 24.0 Å². The number of hydrogen-bond acceptors (Lipinski definition) is 5. The van der Waals surface area contributed by atoms with E-state index in [0.717, 1.165) is 60.4 Å². The van der Waals surface area contributed by atoms with Crippen molar-refractivity contribution < 1.29 is 19.0 Å². The molecule has 0 saturated carbocycles. The van der Waals surface area contributed by atoms with Gasteiger partial charge in [0.1, 0.15) is 0 Å². The summed E-state index contributed by atoms with van der Waals surface area (Å²) in [4.78, 5) is 20.8. The molecule has 3 aromatic rings. The first-order valence-electron chi connectivity index (χ1n) is 11.3. The Balaban J connectivity index is 1.40. The second kappa shape index (κ2) is 9.75. The average molecular weight is 452 g/mol. The Hall–Kier alpha value is -3.19. The molecule has 1 amide bonds. The fourth-order valence-electron chi connectivity index (χ4n) is 4.67. The number of rotatable bonds is 7. The third-order valence-corrected chi connectivity index (χ3v) is 6.51. The van der Waals surface area contributed by atoms with E-state index in [2.05, 4.69) is 35.0 Å². The summed E-state index contributed by atoms with van der Waals surface area (Å²) in [6, 6.07) is 10.3. The van der Waals surface area contributed by atoms with Gasteiger partial charge in [0.2, 0.25) is 11.7 Å². The van der Waals surface area contributed by atoms with E-state index in [1.54, 1.807) is 21.3 Å². The molecule has 0 unspecified atom stereocenters. The van der Waals surface area contributed by atoms with E-state index in [-0.39, 0.29) is 5.91 Å². The molecule has 1 fully saturated rings. The Morgan fingerprint density at radius 1 is 0.939 bits per heavy atom. The van der Waals surface area contributed by atoms with Gasteiger partial charge in [-0.2, -0.15) is 0 Å². The minimum atomic E-state index is 0.184. The van der Waals surface area contributed by atoms with Crippen molar-refractivity contribution >= 4 is 16.8 Å². The maximum absolute atomic E-state index is 13.1. The van der Waals surface area contributed by atoms with E-state index in [9.17, 15) is 4.79 Å². The lowest BCUT2D eigenvalue weighted by atomic mass is 10.0. The van der Waals surface area contributed by atoms with E-state index in [4.69, 9.17) is 14.2 Å². The van der Waals surface area contributed by atoms with Gasteiger partial charge in [0.25, 0.3) is 0 Å². The third kappa shape index (κ3) is 4.64. The average Bonchev–Trinajstić information content (AvgIpc) is 3.13. The van der Waals surface area contributed by atoms with Crippen molar-refractivity contribution in [3.05, 3.63) is 52.7 Å². The molecule has 0 radical (unpaired) electrons. The molecule has 2 heterocycles. The Morgan fingerprint density at radius 3 is 2.33 bits per heavy atom. The molecule has 1 N–H and O–H groups in total. The van der Waals surface area contributed by atoms with Gasteiger partial charge in [-0.15, -0.1) is 0 Å². The highest BCUT2D eigenvalue weighted by Crippen LogP contribution is 2.40. The van der Waals surface area contributed by atoms with E-state index >= 15 is 0 Å². The van der Waals surface area contributed by atoms with Crippen molar-refractivity contribution in [2.45, 2.75) is 26.8 Å². The number of nitrogens with zero attached hydrogens (tertiary/aromatic N) is 2. The van der Waals surface area contributed by atoms with Gasteiger partial charge in [0, 0.05) is 54.9 Å². The highest BCUT2D eigenvalue weighted by molar-refractivity contribution is 5.90.